The molecule has 1 fully saturated rings. The number of rotatable bonds is 3. The molecule has 1 aliphatic rings. The molecule has 5 heteroatoms. The second-order valence-corrected chi connectivity index (χ2v) is 6.63. The van der Waals surface area contributed by atoms with E-state index >= 15 is 0 Å². The highest BCUT2D eigenvalue weighted by atomic mass is 31.2. The molecule has 78 valence electrons. The summed E-state index contributed by atoms with van der Waals surface area (Å²) in [6, 6.07) is 0. The maximum absolute atomic E-state index is 12.1. The largest absolute Gasteiger partial charge is 0.364 e. The van der Waals surface area contributed by atoms with Gasteiger partial charge in [0.25, 0.3) is 0 Å². The molecule has 0 aromatic carbocycles. The van der Waals surface area contributed by atoms with Gasteiger partial charge in [-0.3, -0.25) is 4.57 Å². The van der Waals surface area contributed by atoms with E-state index in [4.69, 9.17) is 13.8 Å². The van der Waals surface area contributed by atoms with E-state index < -0.39 is 12.9 Å². The van der Waals surface area contributed by atoms with Crippen LogP contribution in [0.15, 0.2) is 0 Å². The van der Waals surface area contributed by atoms with Crippen molar-refractivity contribution in [1.82, 2.24) is 0 Å². The third-order valence-corrected chi connectivity index (χ3v) is 5.29. The van der Waals surface area contributed by atoms with E-state index in [2.05, 4.69) is 0 Å². The van der Waals surface area contributed by atoms with E-state index in [1.807, 2.05) is 20.8 Å². The van der Waals surface area contributed by atoms with Crippen LogP contribution in [0.3, 0.4) is 0 Å². The fourth-order valence-electron chi connectivity index (χ4n) is 1.44. The van der Waals surface area contributed by atoms with Crippen LogP contribution < -0.4 is 0 Å². The molecule has 1 aliphatic heterocycles. The lowest BCUT2D eigenvalue weighted by Gasteiger charge is -2.31. The van der Waals surface area contributed by atoms with Gasteiger partial charge < -0.3 is 13.8 Å². The van der Waals surface area contributed by atoms with Gasteiger partial charge in [-0.05, 0) is 0 Å². The van der Waals surface area contributed by atoms with Crippen LogP contribution in [0.25, 0.3) is 0 Å². The van der Waals surface area contributed by atoms with Crippen molar-refractivity contribution in [3.8, 4) is 0 Å². The zero-order valence-electron chi connectivity index (χ0n) is 8.79. The van der Waals surface area contributed by atoms with Crippen molar-refractivity contribution in [2.75, 3.05) is 20.8 Å². The summed E-state index contributed by atoms with van der Waals surface area (Å²) in [6.07, 6.45) is 0. The van der Waals surface area contributed by atoms with E-state index in [0.717, 1.165) is 0 Å². The van der Waals surface area contributed by atoms with Gasteiger partial charge in [0.1, 0.15) is 0 Å². The monoisotopic (exact) mass is 208 g/mol. The van der Waals surface area contributed by atoms with Gasteiger partial charge in [0.05, 0.1) is 6.61 Å². The highest BCUT2D eigenvalue weighted by molar-refractivity contribution is 7.55. The van der Waals surface area contributed by atoms with Crippen LogP contribution in [0.4, 0.5) is 0 Å². The summed E-state index contributed by atoms with van der Waals surface area (Å²) in [5, 5.41) is -0.747. The van der Waals surface area contributed by atoms with Crippen molar-refractivity contribution >= 4 is 7.60 Å². The predicted molar refractivity (Wildman–Crippen MR) is 49.8 cm³/mol. The van der Waals surface area contributed by atoms with Gasteiger partial charge in [-0.15, -0.1) is 0 Å². The fourth-order valence-corrected chi connectivity index (χ4v) is 3.38. The van der Waals surface area contributed by atoms with Gasteiger partial charge in [-0.1, -0.05) is 20.8 Å². The number of hydrogen-bond acceptors (Lipinski definition) is 4. The van der Waals surface area contributed by atoms with Crippen LogP contribution in [-0.2, 0) is 18.3 Å². The van der Waals surface area contributed by atoms with Crippen LogP contribution in [0, 0.1) is 5.41 Å². The Morgan fingerprint density at radius 1 is 1.31 bits per heavy atom. The Kier molecular flexibility index (Phi) is 2.63. The maximum Gasteiger partial charge on any atom is 0.364 e. The van der Waals surface area contributed by atoms with Crippen molar-refractivity contribution in [1.29, 1.82) is 0 Å². The first kappa shape index (κ1) is 11.2. The van der Waals surface area contributed by atoms with Crippen molar-refractivity contribution in [3.63, 3.8) is 0 Å². The van der Waals surface area contributed by atoms with E-state index in [1.54, 1.807) is 0 Å². The first-order valence-corrected chi connectivity index (χ1v) is 5.73. The smallest absolute Gasteiger partial charge is 0.356 e. The molecule has 0 unspecified atom stereocenters. The standard InChI is InChI=1S/C8H17O4P/c1-7(2,3)8(6-12-8)13(9,10-4)11-5/h6H2,1-5H3/t8-/m0/s1. The molecular formula is C8H17O4P. The summed E-state index contributed by atoms with van der Waals surface area (Å²) in [7, 11) is -0.340. The fraction of sp³-hybridized carbons (Fsp3) is 1.00. The Balaban J connectivity index is 2.99. The Labute approximate surface area is 79.1 Å². The van der Waals surface area contributed by atoms with Crippen molar-refractivity contribution in [2.45, 2.75) is 26.1 Å². The molecule has 0 N–H and O–H groups in total. The second kappa shape index (κ2) is 3.06. The van der Waals surface area contributed by atoms with Gasteiger partial charge >= 0.3 is 7.60 Å². The van der Waals surface area contributed by atoms with Gasteiger partial charge in [-0.25, -0.2) is 0 Å². The molecule has 0 aromatic heterocycles. The molecule has 0 spiro atoms. The molecule has 1 atom stereocenters. The molecule has 0 amide bonds. The molecule has 1 rings (SSSR count). The van der Waals surface area contributed by atoms with E-state index in [1.165, 1.54) is 14.2 Å². The number of ether oxygens (including phenoxy) is 1. The molecule has 0 radical (unpaired) electrons. The van der Waals surface area contributed by atoms with E-state index in [9.17, 15) is 4.57 Å². The first-order valence-electron chi connectivity index (χ1n) is 4.18. The molecule has 13 heavy (non-hydrogen) atoms. The summed E-state index contributed by atoms with van der Waals surface area (Å²) >= 11 is 0. The van der Waals surface area contributed by atoms with Crippen LogP contribution in [-0.4, -0.2) is 26.2 Å². The summed E-state index contributed by atoms with van der Waals surface area (Å²) in [5.74, 6) is 0. The van der Waals surface area contributed by atoms with E-state index in [-0.39, 0.29) is 5.41 Å². The zero-order chi connectivity index (χ0) is 10.3. The van der Waals surface area contributed by atoms with Crippen LogP contribution in [0.2, 0.25) is 0 Å². The topological polar surface area (TPSA) is 48.1 Å². The van der Waals surface area contributed by atoms with E-state index in [0.29, 0.717) is 6.61 Å². The van der Waals surface area contributed by atoms with Crippen molar-refractivity contribution in [2.24, 2.45) is 5.41 Å². The summed E-state index contributed by atoms with van der Waals surface area (Å²) in [6.45, 7) is 6.33. The van der Waals surface area contributed by atoms with Gasteiger partial charge in [0.2, 0.25) is 0 Å². The number of epoxide rings is 1. The Morgan fingerprint density at radius 3 is 1.77 bits per heavy atom. The molecule has 0 saturated carbocycles. The highest BCUT2D eigenvalue weighted by Gasteiger charge is 2.68. The molecular weight excluding hydrogens is 191 g/mol. The van der Waals surface area contributed by atoms with Crippen LogP contribution in [0.1, 0.15) is 20.8 Å². The summed E-state index contributed by atoms with van der Waals surface area (Å²) < 4.78 is 27.3. The second-order valence-electron chi connectivity index (χ2n) is 4.19. The normalized spacial score (nSPS) is 29.0. The van der Waals surface area contributed by atoms with Crippen LogP contribution in [0.5, 0.6) is 0 Å². The molecule has 0 bridgehead atoms. The molecule has 1 saturated heterocycles. The third kappa shape index (κ3) is 1.46. The molecule has 4 nitrogen and oxygen atoms in total. The minimum absolute atomic E-state index is 0.242. The minimum Gasteiger partial charge on any atom is -0.356 e. The molecule has 1 heterocycles. The highest BCUT2D eigenvalue weighted by Crippen LogP contribution is 2.71. The van der Waals surface area contributed by atoms with Crippen molar-refractivity contribution < 1.29 is 18.3 Å². The van der Waals surface area contributed by atoms with Crippen LogP contribution >= 0.6 is 7.60 Å². The number of hydrogen-bond donors (Lipinski definition) is 0. The average Bonchev–Trinajstić information content (AvgIpc) is 2.81. The van der Waals surface area contributed by atoms with Crippen molar-refractivity contribution in [3.05, 3.63) is 0 Å². The lowest BCUT2D eigenvalue weighted by molar-refractivity contribution is 0.162. The average molecular weight is 208 g/mol. The SMILES string of the molecule is COP(=O)(OC)[C@]1(C(C)(C)C)CO1. The third-order valence-electron chi connectivity index (χ3n) is 2.51. The van der Waals surface area contributed by atoms with Gasteiger partial charge in [-0.2, -0.15) is 0 Å². The predicted octanol–water partition coefficient (Wildman–Crippen LogP) is 2.24. The lowest BCUT2D eigenvalue weighted by Crippen LogP contribution is -2.31. The zero-order valence-corrected chi connectivity index (χ0v) is 9.68. The molecule has 0 aromatic rings. The quantitative estimate of drug-likeness (QED) is 0.527. The Bertz CT molecular complexity index is 231. The summed E-state index contributed by atoms with van der Waals surface area (Å²) in [4.78, 5) is 0. The summed E-state index contributed by atoms with van der Waals surface area (Å²) in [5.41, 5.74) is -0.242. The van der Waals surface area contributed by atoms with Gasteiger partial charge in [0, 0.05) is 19.6 Å². The maximum atomic E-state index is 12.1. The Morgan fingerprint density at radius 2 is 1.69 bits per heavy atom. The van der Waals surface area contributed by atoms with Gasteiger partial charge in [0.15, 0.2) is 5.34 Å². The lowest BCUT2D eigenvalue weighted by atomic mass is 9.92. The minimum atomic E-state index is -3.12. The first-order chi connectivity index (χ1) is 5.83. The molecule has 0 aliphatic carbocycles. The Hall–Kier alpha value is 0.110.